The van der Waals surface area contributed by atoms with Crippen LogP contribution in [0.1, 0.15) is 15.9 Å². The smallest absolute Gasteiger partial charge is 0.163 e. The summed E-state index contributed by atoms with van der Waals surface area (Å²) >= 11 is 3.60. The van der Waals surface area contributed by atoms with Crippen molar-refractivity contribution >= 4 is 44.8 Å². The van der Waals surface area contributed by atoms with Crippen molar-refractivity contribution in [1.82, 2.24) is 15.0 Å². The number of benzene rings is 1. The largest absolute Gasteiger partial charge is 0.324 e. The third-order valence-corrected chi connectivity index (χ3v) is 4.58. The maximum atomic E-state index is 10.9. The summed E-state index contributed by atoms with van der Waals surface area (Å²) in [6, 6.07) is 7.89. The molecule has 0 saturated heterocycles. The molecule has 3 aromatic rings. The molecule has 0 radical (unpaired) electrons. The Morgan fingerprint density at radius 1 is 1.23 bits per heavy atom. The number of halogens is 1. The number of nitrogens with zero attached hydrogens (tertiary/aromatic N) is 4. The maximum Gasteiger partial charge on any atom is 0.163 e. The molecule has 0 unspecified atom stereocenters. The van der Waals surface area contributed by atoms with Crippen molar-refractivity contribution in [2.75, 3.05) is 11.4 Å². The van der Waals surface area contributed by atoms with Crippen LogP contribution in [0.25, 0.3) is 11.0 Å². The summed E-state index contributed by atoms with van der Waals surface area (Å²) in [6.07, 6.45) is 4.80. The summed E-state index contributed by atoms with van der Waals surface area (Å²) in [7, 11) is 0. The van der Waals surface area contributed by atoms with Crippen LogP contribution in [0.2, 0.25) is 0 Å². The number of aromatic nitrogens is 3. The van der Waals surface area contributed by atoms with E-state index in [-0.39, 0.29) is 0 Å². The molecule has 4 rings (SSSR count). The van der Waals surface area contributed by atoms with Gasteiger partial charge in [0.25, 0.3) is 0 Å². The van der Waals surface area contributed by atoms with E-state index in [1.165, 1.54) is 11.9 Å². The quantitative estimate of drug-likeness (QED) is 0.661. The molecule has 0 saturated carbocycles. The third-order valence-electron chi connectivity index (χ3n) is 3.84. The van der Waals surface area contributed by atoms with Gasteiger partial charge in [-0.15, -0.1) is 0 Å². The number of anilines is 2. The molecule has 3 heterocycles. The zero-order valence-corrected chi connectivity index (χ0v) is 13.1. The molecular formula is C16H11BrN4O. The highest BCUT2D eigenvalue weighted by atomic mass is 79.9. The monoisotopic (exact) mass is 354 g/mol. The van der Waals surface area contributed by atoms with Gasteiger partial charge in [0.1, 0.15) is 11.8 Å². The van der Waals surface area contributed by atoms with Gasteiger partial charge in [0.2, 0.25) is 0 Å². The van der Waals surface area contributed by atoms with Crippen molar-refractivity contribution in [1.29, 1.82) is 0 Å². The predicted octanol–water partition coefficient (Wildman–Crippen LogP) is 3.29. The molecule has 1 aliphatic rings. The van der Waals surface area contributed by atoms with E-state index in [4.69, 9.17) is 0 Å². The third kappa shape index (κ3) is 1.99. The lowest BCUT2D eigenvalue weighted by molar-refractivity contribution is 0.112. The standard InChI is InChI=1S/C16H11BrN4O/c17-12-2-1-3-14-11(12)4-5-21(14)16-15-13(19-9-20-16)6-10(8-22)7-18-15/h1-3,6-9H,4-5H2. The van der Waals surface area contributed by atoms with E-state index in [0.717, 1.165) is 35.2 Å². The van der Waals surface area contributed by atoms with Crippen molar-refractivity contribution in [3.05, 3.63) is 52.4 Å². The van der Waals surface area contributed by atoms with E-state index < -0.39 is 0 Å². The number of carbonyl (C=O) groups is 1. The van der Waals surface area contributed by atoms with Gasteiger partial charge in [0.15, 0.2) is 12.1 Å². The van der Waals surface area contributed by atoms with E-state index >= 15 is 0 Å². The average Bonchev–Trinajstić information content (AvgIpc) is 2.99. The van der Waals surface area contributed by atoms with E-state index in [1.54, 1.807) is 12.3 Å². The SMILES string of the molecule is O=Cc1cnc2c(N3CCc4c(Br)cccc43)ncnc2c1. The molecule has 0 fully saturated rings. The van der Waals surface area contributed by atoms with Crippen molar-refractivity contribution < 1.29 is 4.79 Å². The van der Waals surface area contributed by atoms with Crippen LogP contribution in [-0.4, -0.2) is 27.8 Å². The molecule has 2 aromatic heterocycles. The minimum atomic E-state index is 0.515. The zero-order chi connectivity index (χ0) is 15.1. The lowest BCUT2D eigenvalue weighted by Gasteiger charge is -2.19. The Balaban J connectivity index is 1.90. The van der Waals surface area contributed by atoms with Crippen LogP contribution in [0.4, 0.5) is 11.5 Å². The predicted molar refractivity (Wildman–Crippen MR) is 87.6 cm³/mol. The summed E-state index contributed by atoms with van der Waals surface area (Å²) in [5, 5.41) is 0. The Bertz CT molecular complexity index is 896. The molecule has 5 nitrogen and oxygen atoms in total. The molecule has 22 heavy (non-hydrogen) atoms. The van der Waals surface area contributed by atoms with E-state index in [0.29, 0.717) is 16.6 Å². The Hall–Kier alpha value is -2.34. The number of hydrogen-bond acceptors (Lipinski definition) is 5. The normalized spacial score (nSPS) is 13.4. The van der Waals surface area contributed by atoms with Gasteiger partial charge in [-0.3, -0.25) is 4.79 Å². The fourth-order valence-electron chi connectivity index (χ4n) is 2.82. The molecule has 108 valence electrons. The van der Waals surface area contributed by atoms with Crippen molar-refractivity contribution in [2.24, 2.45) is 0 Å². The summed E-state index contributed by atoms with van der Waals surface area (Å²) in [5.41, 5.74) is 4.31. The zero-order valence-electron chi connectivity index (χ0n) is 11.5. The number of hydrogen-bond donors (Lipinski definition) is 0. The molecule has 0 aliphatic carbocycles. The molecule has 0 bridgehead atoms. The molecule has 0 amide bonds. The first-order valence-corrected chi connectivity index (χ1v) is 7.68. The number of fused-ring (bicyclic) bond motifs is 2. The Labute approximate surface area is 135 Å². The molecule has 0 spiro atoms. The van der Waals surface area contributed by atoms with Crippen molar-refractivity contribution in [2.45, 2.75) is 6.42 Å². The first kappa shape index (κ1) is 13.3. The van der Waals surface area contributed by atoms with Gasteiger partial charge in [0, 0.05) is 28.5 Å². The van der Waals surface area contributed by atoms with Crippen LogP contribution in [-0.2, 0) is 6.42 Å². The van der Waals surface area contributed by atoms with Crippen LogP contribution in [0, 0.1) is 0 Å². The number of pyridine rings is 1. The fraction of sp³-hybridized carbons (Fsp3) is 0.125. The topological polar surface area (TPSA) is 59.0 Å². The van der Waals surface area contributed by atoms with Gasteiger partial charge in [0.05, 0.1) is 5.52 Å². The number of aldehydes is 1. The first-order valence-electron chi connectivity index (χ1n) is 6.89. The molecule has 6 heteroatoms. The highest BCUT2D eigenvalue weighted by Gasteiger charge is 2.25. The van der Waals surface area contributed by atoms with Crippen LogP contribution < -0.4 is 4.90 Å². The number of rotatable bonds is 2. The van der Waals surface area contributed by atoms with E-state index in [1.807, 2.05) is 6.07 Å². The molecule has 1 aliphatic heterocycles. The maximum absolute atomic E-state index is 10.9. The van der Waals surface area contributed by atoms with Crippen LogP contribution >= 0.6 is 15.9 Å². The van der Waals surface area contributed by atoms with Crippen molar-refractivity contribution in [3.63, 3.8) is 0 Å². The van der Waals surface area contributed by atoms with Gasteiger partial charge >= 0.3 is 0 Å². The minimum absolute atomic E-state index is 0.515. The highest BCUT2D eigenvalue weighted by molar-refractivity contribution is 9.10. The van der Waals surface area contributed by atoms with E-state index in [2.05, 4.69) is 47.9 Å². The summed E-state index contributed by atoms with van der Waals surface area (Å²) in [5.74, 6) is 0.777. The Morgan fingerprint density at radius 3 is 3.00 bits per heavy atom. The number of carbonyl (C=O) groups excluding carboxylic acids is 1. The van der Waals surface area contributed by atoms with Gasteiger partial charge in [-0.2, -0.15) is 0 Å². The second-order valence-electron chi connectivity index (χ2n) is 5.09. The second-order valence-corrected chi connectivity index (χ2v) is 5.95. The molecule has 0 N–H and O–H groups in total. The summed E-state index contributed by atoms with van der Waals surface area (Å²) < 4.78 is 1.11. The summed E-state index contributed by atoms with van der Waals surface area (Å²) in [6.45, 7) is 0.848. The van der Waals surface area contributed by atoms with Crippen LogP contribution in [0.5, 0.6) is 0 Å². The van der Waals surface area contributed by atoms with Gasteiger partial charge in [-0.25, -0.2) is 15.0 Å². The van der Waals surface area contributed by atoms with Crippen LogP contribution in [0.15, 0.2) is 41.3 Å². The van der Waals surface area contributed by atoms with E-state index in [9.17, 15) is 4.79 Å². The minimum Gasteiger partial charge on any atom is -0.324 e. The molecule has 1 aromatic carbocycles. The second kappa shape index (κ2) is 5.14. The van der Waals surface area contributed by atoms with Gasteiger partial charge in [-0.1, -0.05) is 22.0 Å². The lowest BCUT2D eigenvalue weighted by Crippen LogP contribution is -2.15. The molecule has 0 atom stereocenters. The van der Waals surface area contributed by atoms with Gasteiger partial charge in [-0.05, 0) is 30.2 Å². The van der Waals surface area contributed by atoms with Crippen LogP contribution in [0.3, 0.4) is 0 Å². The fourth-order valence-corrected chi connectivity index (χ4v) is 3.37. The lowest BCUT2D eigenvalue weighted by atomic mass is 10.2. The average molecular weight is 355 g/mol. The highest BCUT2D eigenvalue weighted by Crippen LogP contribution is 2.38. The molecular weight excluding hydrogens is 344 g/mol. The Kier molecular flexibility index (Phi) is 3.11. The van der Waals surface area contributed by atoms with Crippen molar-refractivity contribution in [3.8, 4) is 0 Å². The Morgan fingerprint density at radius 2 is 2.14 bits per heavy atom. The first-order chi connectivity index (χ1) is 10.8. The van der Waals surface area contributed by atoms with Gasteiger partial charge < -0.3 is 4.90 Å². The summed E-state index contributed by atoms with van der Waals surface area (Å²) in [4.78, 5) is 26.1.